The standard InChI is InChI=1S/C64H39N3O2/c1-4-16-42(17-5-1)61-65-62(50-24-14-28-57-59(50)49-23-11-13-27-55(49)68-57)67-63(66-61)51-25-15-29-58-60(51)52-38-43(35-37-56(52)69-58)40-30-32-41(33-31-40)44-34-36-48-47-22-10-12-26-53(47)64(54(48)39-44,45-18-6-2-7-19-45)46-20-8-3-9-21-46/h1-39H. The summed E-state index contributed by atoms with van der Waals surface area (Å²) >= 11 is 0. The molecule has 10 aromatic carbocycles. The molecule has 13 aromatic rings. The molecule has 0 bridgehead atoms. The Morgan fingerprint density at radius 2 is 0.739 bits per heavy atom. The van der Waals surface area contributed by atoms with Crippen molar-refractivity contribution < 1.29 is 8.83 Å². The molecular weight excluding hydrogens is 843 g/mol. The van der Waals surface area contributed by atoms with Crippen molar-refractivity contribution in [3.05, 3.63) is 259 Å². The Hall–Kier alpha value is -9.19. The van der Waals surface area contributed by atoms with E-state index in [2.05, 4.69) is 164 Å². The first-order chi connectivity index (χ1) is 34.2. The summed E-state index contributed by atoms with van der Waals surface area (Å²) in [5, 5.41) is 3.93. The molecule has 0 fully saturated rings. The third-order valence-corrected chi connectivity index (χ3v) is 14.1. The lowest BCUT2D eigenvalue weighted by atomic mass is 9.67. The summed E-state index contributed by atoms with van der Waals surface area (Å²) in [6, 6.07) is 83.6. The van der Waals surface area contributed by atoms with E-state index in [0.717, 1.165) is 77.3 Å². The number of hydrogen-bond donors (Lipinski definition) is 0. The van der Waals surface area contributed by atoms with Crippen LogP contribution in [-0.2, 0) is 5.41 Å². The van der Waals surface area contributed by atoms with Crippen molar-refractivity contribution in [2.24, 2.45) is 0 Å². The maximum Gasteiger partial charge on any atom is 0.164 e. The predicted molar refractivity (Wildman–Crippen MR) is 279 cm³/mol. The van der Waals surface area contributed by atoms with Crippen LogP contribution in [0.2, 0.25) is 0 Å². The van der Waals surface area contributed by atoms with Gasteiger partial charge in [-0.3, -0.25) is 0 Å². The van der Waals surface area contributed by atoms with Gasteiger partial charge in [0.25, 0.3) is 0 Å². The van der Waals surface area contributed by atoms with Gasteiger partial charge in [0.1, 0.15) is 22.3 Å². The van der Waals surface area contributed by atoms with Gasteiger partial charge in [0.2, 0.25) is 0 Å². The lowest BCUT2D eigenvalue weighted by Crippen LogP contribution is -2.28. The zero-order valence-electron chi connectivity index (χ0n) is 37.2. The molecule has 0 unspecified atom stereocenters. The zero-order chi connectivity index (χ0) is 45.5. The number of rotatable bonds is 7. The minimum absolute atomic E-state index is 0.458. The molecule has 0 N–H and O–H groups in total. The molecule has 0 saturated carbocycles. The van der Waals surface area contributed by atoms with Crippen LogP contribution in [0.1, 0.15) is 22.3 Å². The van der Waals surface area contributed by atoms with Crippen LogP contribution in [0.15, 0.2) is 245 Å². The van der Waals surface area contributed by atoms with Gasteiger partial charge in [0.05, 0.1) is 5.41 Å². The van der Waals surface area contributed by atoms with Gasteiger partial charge in [0.15, 0.2) is 17.5 Å². The lowest BCUT2D eigenvalue weighted by molar-refractivity contribution is 0.668. The van der Waals surface area contributed by atoms with Crippen molar-refractivity contribution in [1.82, 2.24) is 15.0 Å². The maximum absolute atomic E-state index is 6.56. The molecule has 0 aliphatic heterocycles. The van der Waals surface area contributed by atoms with Gasteiger partial charge >= 0.3 is 0 Å². The number of aromatic nitrogens is 3. The fourth-order valence-corrected chi connectivity index (χ4v) is 11.0. The molecule has 3 heterocycles. The van der Waals surface area contributed by atoms with Gasteiger partial charge < -0.3 is 8.83 Å². The van der Waals surface area contributed by atoms with Gasteiger partial charge in [-0.15, -0.1) is 0 Å². The molecule has 0 saturated heterocycles. The van der Waals surface area contributed by atoms with Crippen LogP contribution in [0, 0.1) is 0 Å². The van der Waals surface area contributed by atoms with E-state index in [0.29, 0.717) is 17.5 Å². The number of nitrogens with zero attached hydrogens (tertiary/aromatic N) is 3. The molecular formula is C64H39N3O2. The van der Waals surface area contributed by atoms with Gasteiger partial charge in [-0.1, -0.05) is 200 Å². The van der Waals surface area contributed by atoms with E-state index in [1.807, 2.05) is 72.8 Å². The van der Waals surface area contributed by atoms with E-state index >= 15 is 0 Å². The van der Waals surface area contributed by atoms with Crippen LogP contribution < -0.4 is 0 Å². The second-order valence-corrected chi connectivity index (χ2v) is 17.8. The van der Waals surface area contributed by atoms with E-state index in [9.17, 15) is 0 Å². The fraction of sp³-hybridized carbons (Fsp3) is 0.0156. The Labute approximate surface area is 397 Å². The summed E-state index contributed by atoms with van der Waals surface area (Å²) in [6.07, 6.45) is 0. The second kappa shape index (κ2) is 15.4. The molecule has 0 atom stereocenters. The highest BCUT2D eigenvalue weighted by atomic mass is 16.3. The molecule has 0 radical (unpaired) electrons. The highest BCUT2D eigenvalue weighted by molar-refractivity contribution is 6.14. The molecule has 0 spiro atoms. The summed E-state index contributed by atoms with van der Waals surface area (Å²) in [5.41, 5.74) is 17.5. The Bertz CT molecular complexity index is 4080. The Morgan fingerprint density at radius 1 is 0.275 bits per heavy atom. The summed E-state index contributed by atoms with van der Waals surface area (Å²) in [5.74, 6) is 1.72. The van der Waals surface area contributed by atoms with Crippen LogP contribution in [0.4, 0.5) is 0 Å². The van der Waals surface area contributed by atoms with Crippen molar-refractivity contribution in [3.63, 3.8) is 0 Å². The SMILES string of the molecule is c1ccc(-c2nc(-c3cccc4oc5ccccc5c34)nc(-c3cccc4oc5ccc(-c6ccc(-c7ccc8c(c7)C(c7ccccc7)(c7ccccc7)c7ccccc7-8)cc6)cc5c34)n2)cc1. The van der Waals surface area contributed by atoms with Crippen molar-refractivity contribution in [2.45, 2.75) is 5.41 Å². The Morgan fingerprint density at radius 3 is 1.41 bits per heavy atom. The van der Waals surface area contributed by atoms with Crippen LogP contribution in [0.3, 0.4) is 0 Å². The van der Waals surface area contributed by atoms with Crippen molar-refractivity contribution in [1.29, 1.82) is 0 Å². The van der Waals surface area contributed by atoms with E-state index in [1.54, 1.807) is 0 Å². The average molecular weight is 882 g/mol. The number of furan rings is 2. The lowest BCUT2D eigenvalue weighted by Gasteiger charge is -2.34. The molecule has 5 heteroatoms. The first kappa shape index (κ1) is 39.0. The third kappa shape index (κ3) is 6.07. The Balaban J connectivity index is 0.879. The number of benzene rings is 10. The molecule has 1 aliphatic carbocycles. The largest absolute Gasteiger partial charge is 0.456 e. The van der Waals surface area contributed by atoms with E-state index in [4.69, 9.17) is 23.8 Å². The van der Waals surface area contributed by atoms with Crippen LogP contribution in [-0.4, -0.2) is 15.0 Å². The zero-order valence-corrected chi connectivity index (χ0v) is 37.2. The normalized spacial score (nSPS) is 12.8. The van der Waals surface area contributed by atoms with E-state index < -0.39 is 5.41 Å². The summed E-state index contributed by atoms with van der Waals surface area (Å²) in [6.45, 7) is 0. The number of hydrogen-bond acceptors (Lipinski definition) is 5. The molecule has 322 valence electrons. The topological polar surface area (TPSA) is 65.0 Å². The van der Waals surface area contributed by atoms with Crippen molar-refractivity contribution >= 4 is 43.9 Å². The third-order valence-electron chi connectivity index (χ3n) is 14.1. The summed E-state index contributed by atoms with van der Waals surface area (Å²) < 4.78 is 12.9. The summed E-state index contributed by atoms with van der Waals surface area (Å²) in [7, 11) is 0. The van der Waals surface area contributed by atoms with Crippen molar-refractivity contribution in [3.8, 4) is 67.5 Å². The van der Waals surface area contributed by atoms with Gasteiger partial charge in [-0.25, -0.2) is 15.0 Å². The van der Waals surface area contributed by atoms with E-state index in [1.165, 1.54) is 38.9 Å². The van der Waals surface area contributed by atoms with Gasteiger partial charge in [0, 0.05) is 38.2 Å². The van der Waals surface area contributed by atoms with Crippen LogP contribution in [0.25, 0.3) is 111 Å². The highest BCUT2D eigenvalue weighted by Gasteiger charge is 2.46. The van der Waals surface area contributed by atoms with Crippen LogP contribution in [0.5, 0.6) is 0 Å². The predicted octanol–water partition coefficient (Wildman–Crippen LogP) is 16.4. The second-order valence-electron chi connectivity index (χ2n) is 17.8. The molecule has 69 heavy (non-hydrogen) atoms. The number of para-hydroxylation sites is 1. The quantitative estimate of drug-likeness (QED) is 0.160. The van der Waals surface area contributed by atoms with Gasteiger partial charge in [-0.05, 0) is 92.0 Å². The summed E-state index contributed by atoms with van der Waals surface area (Å²) in [4.78, 5) is 15.6. The van der Waals surface area contributed by atoms with Crippen LogP contribution >= 0.6 is 0 Å². The fourth-order valence-electron chi connectivity index (χ4n) is 11.0. The first-order valence-electron chi connectivity index (χ1n) is 23.3. The molecule has 1 aliphatic rings. The minimum atomic E-state index is -0.458. The molecule has 5 nitrogen and oxygen atoms in total. The van der Waals surface area contributed by atoms with E-state index in [-0.39, 0.29) is 0 Å². The minimum Gasteiger partial charge on any atom is -0.456 e. The maximum atomic E-state index is 6.56. The monoisotopic (exact) mass is 881 g/mol. The average Bonchev–Trinajstić information content (AvgIpc) is 4.10. The molecule has 0 amide bonds. The number of fused-ring (bicyclic) bond motifs is 9. The molecule has 3 aromatic heterocycles. The highest BCUT2D eigenvalue weighted by Crippen LogP contribution is 2.56. The first-order valence-corrected chi connectivity index (χ1v) is 23.3. The van der Waals surface area contributed by atoms with Gasteiger partial charge in [-0.2, -0.15) is 0 Å². The smallest absolute Gasteiger partial charge is 0.164 e. The molecule has 14 rings (SSSR count). The van der Waals surface area contributed by atoms with Crippen molar-refractivity contribution in [2.75, 3.05) is 0 Å². The Kier molecular flexibility index (Phi) is 8.73.